The maximum Gasteiger partial charge on any atom is 0.368 e. The SMILES string of the molecule is C=C(CC)C(=O)OOCC.Cl. The van der Waals surface area contributed by atoms with Crippen molar-refractivity contribution >= 4 is 18.4 Å². The molecule has 0 amide bonds. The quantitative estimate of drug-likeness (QED) is 0.377. The van der Waals surface area contributed by atoms with Crippen LogP contribution in [0.1, 0.15) is 20.3 Å². The van der Waals surface area contributed by atoms with Crippen LogP contribution in [0.25, 0.3) is 0 Å². The van der Waals surface area contributed by atoms with Gasteiger partial charge in [-0.2, -0.15) is 4.89 Å². The van der Waals surface area contributed by atoms with Crippen LogP contribution in [0.5, 0.6) is 0 Å². The summed E-state index contributed by atoms with van der Waals surface area (Å²) in [4.78, 5) is 19.4. The van der Waals surface area contributed by atoms with Gasteiger partial charge in [-0.25, -0.2) is 4.79 Å². The average Bonchev–Trinajstić information content (AvgIpc) is 1.98. The molecule has 0 aliphatic heterocycles. The van der Waals surface area contributed by atoms with Crippen LogP contribution >= 0.6 is 12.4 Å². The molecule has 4 heteroatoms. The van der Waals surface area contributed by atoms with Crippen LogP contribution in [0.2, 0.25) is 0 Å². The lowest BCUT2D eigenvalue weighted by Gasteiger charge is -2.00. The topological polar surface area (TPSA) is 35.5 Å². The molecule has 3 nitrogen and oxygen atoms in total. The molecule has 66 valence electrons. The maximum absolute atomic E-state index is 10.7. The fraction of sp³-hybridized carbons (Fsp3) is 0.571. The van der Waals surface area contributed by atoms with Gasteiger partial charge in [0.05, 0.1) is 6.61 Å². The van der Waals surface area contributed by atoms with E-state index in [4.69, 9.17) is 0 Å². The lowest BCUT2D eigenvalue weighted by molar-refractivity contribution is -0.265. The van der Waals surface area contributed by atoms with E-state index in [0.717, 1.165) is 0 Å². The van der Waals surface area contributed by atoms with E-state index in [0.29, 0.717) is 18.6 Å². The lowest BCUT2D eigenvalue weighted by Crippen LogP contribution is -2.06. The zero-order valence-electron chi connectivity index (χ0n) is 6.75. The first kappa shape index (κ1) is 13.1. The zero-order chi connectivity index (χ0) is 7.98. The summed E-state index contributed by atoms with van der Waals surface area (Å²) in [6.07, 6.45) is 0.589. The third-order valence-corrected chi connectivity index (χ3v) is 0.968. The predicted molar refractivity (Wildman–Crippen MR) is 44.4 cm³/mol. The highest BCUT2D eigenvalue weighted by atomic mass is 35.5. The summed E-state index contributed by atoms with van der Waals surface area (Å²) in [5.41, 5.74) is 0.424. The Hall–Kier alpha value is -0.540. The molecule has 0 rings (SSSR count). The Kier molecular flexibility index (Phi) is 9.00. The van der Waals surface area contributed by atoms with Crippen molar-refractivity contribution in [2.24, 2.45) is 0 Å². The Balaban J connectivity index is 0. The van der Waals surface area contributed by atoms with E-state index in [-0.39, 0.29) is 12.4 Å². The third-order valence-electron chi connectivity index (χ3n) is 0.968. The summed E-state index contributed by atoms with van der Waals surface area (Å²) in [5.74, 6) is -0.482. The minimum atomic E-state index is -0.482. The minimum absolute atomic E-state index is 0. The van der Waals surface area contributed by atoms with Gasteiger partial charge in [0.1, 0.15) is 0 Å². The molecule has 0 aliphatic rings. The summed E-state index contributed by atoms with van der Waals surface area (Å²) in [6.45, 7) is 7.40. The molecule has 0 aromatic carbocycles. The summed E-state index contributed by atoms with van der Waals surface area (Å²) in [5, 5.41) is 0. The molecule has 0 spiro atoms. The molecule has 0 aromatic heterocycles. The summed E-state index contributed by atoms with van der Waals surface area (Å²) in [7, 11) is 0. The normalized spacial score (nSPS) is 8.18. The molecule has 0 saturated carbocycles. The van der Waals surface area contributed by atoms with E-state index in [9.17, 15) is 4.79 Å². The van der Waals surface area contributed by atoms with Gasteiger partial charge in [0, 0.05) is 5.57 Å². The highest BCUT2D eigenvalue weighted by Gasteiger charge is 2.05. The molecule has 0 aromatic rings. The van der Waals surface area contributed by atoms with E-state index >= 15 is 0 Å². The molecule has 0 radical (unpaired) electrons. The third kappa shape index (κ3) is 5.88. The molecule has 0 aliphatic carbocycles. The van der Waals surface area contributed by atoms with Gasteiger partial charge in [0.2, 0.25) is 0 Å². The van der Waals surface area contributed by atoms with Crippen LogP contribution in [-0.2, 0) is 14.6 Å². The highest BCUT2D eigenvalue weighted by Crippen LogP contribution is 1.99. The van der Waals surface area contributed by atoms with Crippen molar-refractivity contribution in [3.05, 3.63) is 12.2 Å². The smallest absolute Gasteiger partial charge is 0.293 e. The highest BCUT2D eigenvalue weighted by molar-refractivity contribution is 5.87. The molecule has 0 N–H and O–H groups in total. The second kappa shape index (κ2) is 7.57. The van der Waals surface area contributed by atoms with Crippen molar-refractivity contribution in [2.75, 3.05) is 6.61 Å². The van der Waals surface area contributed by atoms with E-state index in [1.165, 1.54) is 0 Å². The largest absolute Gasteiger partial charge is 0.368 e. The number of rotatable bonds is 4. The molecular formula is C7H13ClO3. The second-order valence-corrected chi connectivity index (χ2v) is 1.73. The van der Waals surface area contributed by atoms with Gasteiger partial charge in [-0.3, -0.25) is 4.89 Å². The lowest BCUT2D eigenvalue weighted by atomic mass is 10.2. The molecule has 0 atom stereocenters. The zero-order valence-corrected chi connectivity index (χ0v) is 7.57. The Morgan fingerprint density at radius 3 is 2.36 bits per heavy atom. The van der Waals surface area contributed by atoms with Gasteiger partial charge in [0.15, 0.2) is 0 Å². The summed E-state index contributed by atoms with van der Waals surface area (Å²) >= 11 is 0. The first-order valence-electron chi connectivity index (χ1n) is 3.23. The van der Waals surface area contributed by atoms with E-state index in [1.807, 2.05) is 6.92 Å². The molecule has 0 unspecified atom stereocenters. The van der Waals surface area contributed by atoms with Gasteiger partial charge in [0.25, 0.3) is 0 Å². The predicted octanol–water partition coefficient (Wildman–Crippen LogP) is 1.87. The van der Waals surface area contributed by atoms with E-state index < -0.39 is 5.97 Å². The van der Waals surface area contributed by atoms with Crippen LogP contribution in [0.4, 0.5) is 0 Å². The van der Waals surface area contributed by atoms with Crippen LogP contribution in [0.3, 0.4) is 0 Å². The van der Waals surface area contributed by atoms with Crippen LogP contribution in [0, 0.1) is 0 Å². The first-order valence-corrected chi connectivity index (χ1v) is 3.23. The Morgan fingerprint density at radius 1 is 1.45 bits per heavy atom. The summed E-state index contributed by atoms with van der Waals surface area (Å²) < 4.78 is 0. The van der Waals surface area contributed by atoms with Gasteiger partial charge in [-0.1, -0.05) is 13.5 Å². The van der Waals surface area contributed by atoms with Crippen molar-refractivity contribution in [2.45, 2.75) is 20.3 Å². The molecule has 11 heavy (non-hydrogen) atoms. The van der Waals surface area contributed by atoms with Crippen molar-refractivity contribution in [3.8, 4) is 0 Å². The van der Waals surface area contributed by atoms with Gasteiger partial charge in [-0.05, 0) is 13.3 Å². The fourth-order valence-electron chi connectivity index (χ4n) is 0.316. The minimum Gasteiger partial charge on any atom is -0.293 e. The van der Waals surface area contributed by atoms with Crippen molar-refractivity contribution < 1.29 is 14.6 Å². The number of hydrogen-bond acceptors (Lipinski definition) is 3. The number of hydrogen-bond donors (Lipinski definition) is 0. The van der Waals surface area contributed by atoms with Crippen molar-refractivity contribution in [3.63, 3.8) is 0 Å². The van der Waals surface area contributed by atoms with E-state index in [1.54, 1.807) is 6.92 Å². The number of halogens is 1. The average molecular weight is 181 g/mol. The van der Waals surface area contributed by atoms with Gasteiger partial charge >= 0.3 is 5.97 Å². The molecule has 0 fully saturated rings. The Labute approximate surface area is 72.7 Å². The summed E-state index contributed by atoms with van der Waals surface area (Å²) in [6, 6.07) is 0. The van der Waals surface area contributed by atoms with Crippen LogP contribution in [-0.4, -0.2) is 12.6 Å². The van der Waals surface area contributed by atoms with E-state index in [2.05, 4.69) is 16.4 Å². The molecular weight excluding hydrogens is 168 g/mol. The Bertz CT molecular complexity index is 134. The molecule has 0 saturated heterocycles. The fourth-order valence-corrected chi connectivity index (χ4v) is 0.316. The standard InChI is InChI=1S/C7H12O3.ClH/c1-4-6(3)7(8)10-9-5-2;/h3-5H2,1-2H3;1H. The molecule has 0 bridgehead atoms. The Morgan fingerprint density at radius 2 is 2.00 bits per heavy atom. The van der Waals surface area contributed by atoms with Crippen molar-refractivity contribution in [1.29, 1.82) is 0 Å². The first-order chi connectivity index (χ1) is 4.72. The number of carbonyl (C=O) groups is 1. The van der Waals surface area contributed by atoms with Gasteiger partial charge < -0.3 is 0 Å². The second-order valence-electron chi connectivity index (χ2n) is 1.73. The number of carbonyl (C=O) groups excluding carboxylic acids is 1. The van der Waals surface area contributed by atoms with Gasteiger partial charge in [-0.15, -0.1) is 12.4 Å². The maximum atomic E-state index is 10.7. The molecule has 0 heterocycles. The monoisotopic (exact) mass is 180 g/mol. The van der Waals surface area contributed by atoms with Crippen molar-refractivity contribution in [1.82, 2.24) is 0 Å². The van der Waals surface area contributed by atoms with Crippen LogP contribution in [0.15, 0.2) is 12.2 Å². The van der Waals surface area contributed by atoms with Crippen LogP contribution < -0.4 is 0 Å².